The number of anilines is 1. The number of benzene rings is 2. The van der Waals surface area contributed by atoms with Crippen molar-refractivity contribution < 1.29 is 4.79 Å². The summed E-state index contributed by atoms with van der Waals surface area (Å²) in [6.45, 7) is 4.20. The minimum atomic E-state index is -0.0352. The van der Waals surface area contributed by atoms with Gasteiger partial charge in [0.2, 0.25) is 5.91 Å². The van der Waals surface area contributed by atoms with Crippen molar-refractivity contribution >= 4 is 27.7 Å². The highest BCUT2D eigenvalue weighted by atomic mass is 79.9. The molecule has 1 amide bonds. The number of aryl methyl sites for hydroxylation is 1. The Kier molecular flexibility index (Phi) is 6.43. The third-order valence-electron chi connectivity index (χ3n) is 5.45. The van der Waals surface area contributed by atoms with E-state index in [1.165, 1.54) is 5.56 Å². The van der Waals surface area contributed by atoms with Crippen LogP contribution in [0.2, 0.25) is 0 Å². The first-order valence-corrected chi connectivity index (χ1v) is 11.0. The number of piperidine rings is 1. The van der Waals surface area contributed by atoms with Crippen molar-refractivity contribution in [2.75, 3.05) is 18.0 Å². The van der Waals surface area contributed by atoms with Gasteiger partial charge in [-0.05, 0) is 43.5 Å². The van der Waals surface area contributed by atoms with Gasteiger partial charge in [-0.2, -0.15) is 0 Å². The van der Waals surface area contributed by atoms with E-state index >= 15 is 0 Å². The van der Waals surface area contributed by atoms with E-state index in [4.69, 9.17) is 4.98 Å². The zero-order valence-corrected chi connectivity index (χ0v) is 18.6. The van der Waals surface area contributed by atoms with Crippen LogP contribution in [-0.4, -0.2) is 29.0 Å². The maximum absolute atomic E-state index is 12.8. The smallest absolute Gasteiger partial charge is 0.225 e. The van der Waals surface area contributed by atoms with Crippen molar-refractivity contribution in [1.82, 2.24) is 15.3 Å². The van der Waals surface area contributed by atoms with Gasteiger partial charge < -0.3 is 10.2 Å². The molecule has 3 aromatic rings. The van der Waals surface area contributed by atoms with Crippen LogP contribution in [0.5, 0.6) is 0 Å². The minimum absolute atomic E-state index is 0.0352. The average Bonchev–Trinajstić information content (AvgIpc) is 2.79. The van der Waals surface area contributed by atoms with Gasteiger partial charge in [0.15, 0.2) is 5.82 Å². The van der Waals surface area contributed by atoms with E-state index in [-0.39, 0.29) is 11.8 Å². The Labute approximate surface area is 185 Å². The van der Waals surface area contributed by atoms with Crippen molar-refractivity contribution in [1.29, 1.82) is 0 Å². The zero-order valence-electron chi connectivity index (χ0n) is 17.0. The number of halogens is 1. The maximum Gasteiger partial charge on any atom is 0.225 e. The molecule has 1 fully saturated rings. The quantitative estimate of drug-likeness (QED) is 0.591. The Morgan fingerprint density at radius 2 is 1.90 bits per heavy atom. The highest BCUT2D eigenvalue weighted by Crippen LogP contribution is 2.24. The molecule has 0 radical (unpaired) electrons. The molecule has 0 bridgehead atoms. The van der Waals surface area contributed by atoms with Crippen LogP contribution in [0.3, 0.4) is 0 Å². The number of hydrogen-bond acceptors (Lipinski definition) is 4. The lowest BCUT2D eigenvalue weighted by Gasteiger charge is -2.33. The van der Waals surface area contributed by atoms with Crippen molar-refractivity contribution in [2.45, 2.75) is 26.3 Å². The van der Waals surface area contributed by atoms with Gasteiger partial charge in [0, 0.05) is 35.9 Å². The second-order valence-corrected chi connectivity index (χ2v) is 8.65. The highest BCUT2D eigenvalue weighted by Gasteiger charge is 2.26. The van der Waals surface area contributed by atoms with Crippen LogP contribution in [-0.2, 0) is 11.3 Å². The molecule has 1 N–H and O–H groups in total. The fourth-order valence-corrected chi connectivity index (χ4v) is 3.97. The van der Waals surface area contributed by atoms with E-state index in [1.807, 2.05) is 42.5 Å². The largest absolute Gasteiger partial charge is 0.356 e. The molecule has 6 heteroatoms. The molecule has 0 spiro atoms. The molecule has 5 nitrogen and oxygen atoms in total. The summed E-state index contributed by atoms with van der Waals surface area (Å²) >= 11 is 3.44. The summed E-state index contributed by atoms with van der Waals surface area (Å²) in [5.74, 6) is 1.67. The molecule has 4 rings (SSSR count). The maximum atomic E-state index is 12.8. The monoisotopic (exact) mass is 464 g/mol. The standard InChI is InChI=1S/C24H25BrN4O/c1-17-4-8-19(9-5-17)23-26-13-12-22(28-23)29-14-2-3-20(16-29)24(30)27-15-18-6-10-21(25)11-7-18/h4-13,20H,2-3,14-16H2,1H3,(H,27,30)/t20-/m0/s1. The molecule has 154 valence electrons. The molecule has 30 heavy (non-hydrogen) atoms. The van der Waals surface area contributed by atoms with Gasteiger partial charge in [-0.15, -0.1) is 0 Å². The van der Waals surface area contributed by atoms with Crippen LogP contribution >= 0.6 is 15.9 Å². The number of amides is 1. The normalized spacial score (nSPS) is 16.3. The molecule has 2 aromatic carbocycles. The first-order chi connectivity index (χ1) is 14.6. The van der Waals surface area contributed by atoms with Gasteiger partial charge in [0.1, 0.15) is 5.82 Å². The SMILES string of the molecule is Cc1ccc(-c2nccc(N3CCC[C@H](C(=O)NCc4ccc(Br)cc4)C3)n2)cc1. The van der Waals surface area contributed by atoms with E-state index < -0.39 is 0 Å². The van der Waals surface area contributed by atoms with Crippen LogP contribution in [0.25, 0.3) is 11.4 Å². The first-order valence-electron chi connectivity index (χ1n) is 10.3. The van der Waals surface area contributed by atoms with E-state index in [0.717, 1.165) is 40.8 Å². The molecule has 1 saturated heterocycles. The Morgan fingerprint density at radius 3 is 2.67 bits per heavy atom. The van der Waals surface area contributed by atoms with Gasteiger partial charge >= 0.3 is 0 Å². The number of carbonyl (C=O) groups is 1. The zero-order chi connectivity index (χ0) is 20.9. The summed E-state index contributed by atoms with van der Waals surface area (Å²) in [6, 6.07) is 18.2. The van der Waals surface area contributed by atoms with E-state index in [1.54, 1.807) is 6.20 Å². The molecule has 2 heterocycles. The van der Waals surface area contributed by atoms with Crippen LogP contribution < -0.4 is 10.2 Å². The van der Waals surface area contributed by atoms with Crippen molar-refractivity contribution in [3.8, 4) is 11.4 Å². The van der Waals surface area contributed by atoms with Gasteiger partial charge in [0.05, 0.1) is 5.92 Å². The molecule has 0 aliphatic carbocycles. The molecule has 1 aromatic heterocycles. The number of rotatable bonds is 5. The predicted octanol–water partition coefficient (Wildman–Crippen LogP) is 4.75. The average molecular weight is 465 g/mol. The van der Waals surface area contributed by atoms with Crippen LogP contribution in [0.15, 0.2) is 65.3 Å². The molecule has 1 atom stereocenters. The van der Waals surface area contributed by atoms with Gasteiger partial charge in [-0.1, -0.05) is 57.9 Å². The number of aromatic nitrogens is 2. The molecule has 1 aliphatic heterocycles. The number of nitrogens with zero attached hydrogens (tertiary/aromatic N) is 3. The molecule has 1 aliphatic rings. The lowest BCUT2D eigenvalue weighted by atomic mass is 9.97. The Hall–Kier alpha value is -2.73. The highest BCUT2D eigenvalue weighted by molar-refractivity contribution is 9.10. The predicted molar refractivity (Wildman–Crippen MR) is 123 cm³/mol. The molecule has 0 unspecified atom stereocenters. The topological polar surface area (TPSA) is 58.1 Å². The summed E-state index contributed by atoms with van der Waals surface area (Å²) < 4.78 is 1.04. The summed E-state index contributed by atoms with van der Waals surface area (Å²) in [5, 5.41) is 3.09. The lowest BCUT2D eigenvalue weighted by molar-refractivity contribution is -0.125. The second-order valence-electron chi connectivity index (χ2n) is 7.73. The van der Waals surface area contributed by atoms with Gasteiger partial charge in [0.25, 0.3) is 0 Å². The fraction of sp³-hybridized carbons (Fsp3) is 0.292. The molecular weight excluding hydrogens is 440 g/mol. The Bertz CT molecular complexity index is 1000. The molecular formula is C24H25BrN4O. The van der Waals surface area contributed by atoms with Crippen LogP contribution in [0.1, 0.15) is 24.0 Å². The van der Waals surface area contributed by atoms with E-state index in [0.29, 0.717) is 18.9 Å². The minimum Gasteiger partial charge on any atom is -0.356 e. The molecule has 0 saturated carbocycles. The first kappa shape index (κ1) is 20.5. The summed E-state index contributed by atoms with van der Waals surface area (Å²) in [4.78, 5) is 24.2. The number of carbonyl (C=O) groups excluding carboxylic acids is 1. The third-order valence-corrected chi connectivity index (χ3v) is 5.98. The van der Waals surface area contributed by atoms with Gasteiger partial charge in [-0.25, -0.2) is 9.97 Å². The van der Waals surface area contributed by atoms with Gasteiger partial charge in [-0.3, -0.25) is 4.79 Å². The third kappa shape index (κ3) is 5.05. The number of nitrogens with one attached hydrogen (secondary N) is 1. The van der Waals surface area contributed by atoms with Crippen molar-refractivity contribution in [3.05, 3.63) is 76.4 Å². The summed E-state index contributed by atoms with van der Waals surface area (Å²) in [5.41, 5.74) is 3.31. The Balaban J connectivity index is 1.41. The second kappa shape index (κ2) is 9.39. The Morgan fingerprint density at radius 1 is 1.13 bits per heavy atom. The van der Waals surface area contributed by atoms with Crippen LogP contribution in [0, 0.1) is 12.8 Å². The fourth-order valence-electron chi connectivity index (χ4n) is 3.70. The number of hydrogen-bond donors (Lipinski definition) is 1. The van der Waals surface area contributed by atoms with Crippen molar-refractivity contribution in [3.63, 3.8) is 0 Å². The lowest BCUT2D eigenvalue weighted by Crippen LogP contribution is -2.43. The van der Waals surface area contributed by atoms with Crippen LogP contribution in [0.4, 0.5) is 5.82 Å². The summed E-state index contributed by atoms with van der Waals surface area (Å²) in [6.07, 6.45) is 3.67. The summed E-state index contributed by atoms with van der Waals surface area (Å²) in [7, 11) is 0. The van der Waals surface area contributed by atoms with E-state index in [2.05, 4.69) is 50.2 Å². The van der Waals surface area contributed by atoms with E-state index in [9.17, 15) is 4.79 Å². The van der Waals surface area contributed by atoms with Crippen molar-refractivity contribution in [2.24, 2.45) is 5.92 Å².